The third-order valence-electron chi connectivity index (χ3n) is 1.76. The predicted molar refractivity (Wildman–Crippen MR) is 60.2 cm³/mol. The number of hydroxylamine groups is 1. The second-order valence-corrected chi connectivity index (χ2v) is 3.03. The van der Waals surface area contributed by atoms with Crippen LogP contribution < -0.4 is 5.48 Å². The fraction of sp³-hybridized carbons (Fsp3) is 0.333. The van der Waals surface area contributed by atoms with Gasteiger partial charge in [-0.1, -0.05) is 36.4 Å². The Labute approximate surface area is 90.7 Å². The molecule has 0 aliphatic rings. The molecule has 0 aliphatic carbocycles. The monoisotopic (exact) mass is 207 g/mol. The lowest BCUT2D eigenvalue weighted by atomic mass is 10.2. The van der Waals surface area contributed by atoms with Crippen LogP contribution in [-0.4, -0.2) is 19.8 Å². The zero-order valence-electron chi connectivity index (χ0n) is 8.82. The summed E-state index contributed by atoms with van der Waals surface area (Å²) >= 11 is 0. The van der Waals surface area contributed by atoms with Gasteiger partial charge in [-0.3, -0.25) is 4.84 Å². The number of benzene rings is 1. The number of ether oxygens (including phenoxy) is 1. The van der Waals surface area contributed by atoms with Gasteiger partial charge in [0, 0.05) is 6.54 Å². The maximum absolute atomic E-state index is 5.43. The molecule has 0 amide bonds. The molecule has 3 nitrogen and oxygen atoms in total. The maximum Gasteiger partial charge on any atom is 0.0861 e. The van der Waals surface area contributed by atoms with Crippen molar-refractivity contribution in [1.82, 2.24) is 5.48 Å². The first kappa shape index (κ1) is 11.9. The van der Waals surface area contributed by atoms with E-state index in [-0.39, 0.29) is 0 Å². The van der Waals surface area contributed by atoms with Gasteiger partial charge in [0.2, 0.25) is 0 Å². The molecular formula is C12H17NO2. The van der Waals surface area contributed by atoms with Crippen molar-refractivity contribution in [2.24, 2.45) is 0 Å². The van der Waals surface area contributed by atoms with Crippen LogP contribution in [0.5, 0.6) is 0 Å². The summed E-state index contributed by atoms with van der Waals surface area (Å²) in [5.41, 5.74) is 3.96. The number of hydrogen-bond acceptors (Lipinski definition) is 3. The van der Waals surface area contributed by atoms with Gasteiger partial charge in [-0.05, 0) is 5.56 Å². The Morgan fingerprint density at radius 2 is 2.07 bits per heavy atom. The smallest absolute Gasteiger partial charge is 0.0861 e. The SMILES string of the molecule is C=CCONCCOCc1ccccc1. The molecule has 0 spiro atoms. The van der Waals surface area contributed by atoms with Crippen LogP contribution in [0.1, 0.15) is 5.56 Å². The predicted octanol–water partition coefficient (Wildman–Crippen LogP) is 1.91. The van der Waals surface area contributed by atoms with Crippen LogP contribution in [0, 0.1) is 0 Å². The highest BCUT2D eigenvalue weighted by molar-refractivity contribution is 5.13. The summed E-state index contributed by atoms with van der Waals surface area (Å²) in [5.74, 6) is 0. The summed E-state index contributed by atoms with van der Waals surface area (Å²) in [6, 6.07) is 10.1. The van der Waals surface area contributed by atoms with Gasteiger partial charge in [-0.2, -0.15) is 5.48 Å². The third-order valence-corrected chi connectivity index (χ3v) is 1.76. The van der Waals surface area contributed by atoms with Crippen LogP contribution >= 0.6 is 0 Å². The molecule has 0 heterocycles. The lowest BCUT2D eigenvalue weighted by Crippen LogP contribution is -2.20. The van der Waals surface area contributed by atoms with Crippen molar-refractivity contribution in [2.75, 3.05) is 19.8 Å². The number of rotatable bonds is 8. The van der Waals surface area contributed by atoms with E-state index in [1.54, 1.807) is 6.08 Å². The van der Waals surface area contributed by atoms with E-state index in [4.69, 9.17) is 9.57 Å². The zero-order valence-corrected chi connectivity index (χ0v) is 8.82. The molecule has 0 unspecified atom stereocenters. The van der Waals surface area contributed by atoms with Gasteiger partial charge in [0.1, 0.15) is 0 Å². The van der Waals surface area contributed by atoms with E-state index in [9.17, 15) is 0 Å². The first-order valence-corrected chi connectivity index (χ1v) is 5.00. The van der Waals surface area contributed by atoms with Crippen LogP contribution in [-0.2, 0) is 16.2 Å². The van der Waals surface area contributed by atoms with E-state index in [2.05, 4.69) is 12.1 Å². The highest BCUT2D eigenvalue weighted by Gasteiger charge is 1.91. The first-order chi connectivity index (χ1) is 7.43. The van der Waals surface area contributed by atoms with Crippen molar-refractivity contribution in [3.05, 3.63) is 48.6 Å². The van der Waals surface area contributed by atoms with Crippen LogP contribution in [0.3, 0.4) is 0 Å². The van der Waals surface area contributed by atoms with Crippen LogP contribution in [0.2, 0.25) is 0 Å². The second kappa shape index (κ2) is 8.17. The molecule has 1 N–H and O–H groups in total. The van der Waals surface area contributed by atoms with Crippen molar-refractivity contribution < 1.29 is 9.57 Å². The summed E-state index contributed by atoms with van der Waals surface area (Å²) in [4.78, 5) is 4.99. The van der Waals surface area contributed by atoms with Crippen molar-refractivity contribution in [3.63, 3.8) is 0 Å². The van der Waals surface area contributed by atoms with E-state index in [0.29, 0.717) is 26.4 Å². The average molecular weight is 207 g/mol. The molecule has 0 aromatic heterocycles. The third kappa shape index (κ3) is 6.01. The van der Waals surface area contributed by atoms with Crippen LogP contribution in [0.15, 0.2) is 43.0 Å². The zero-order chi connectivity index (χ0) is 10.8. The topological polar surface area (TPSA) is 30.5 Å². The number of hydrogen-bond donors (Lipinski definition) is 1. The second-order valence-electron chi connectivity index (χ2n) is 3.03. The molecule has 0 bridgehead atoms. The molecule has 1 aromatic carbocycles. The van der Waals surface area contributed by atoms with Gasteiger partial charge in [0.15, 0.2) is 0 Å². The van der Waals surface area contributed by atoms with Crippen molar-refractivity contribution >= 4 is 0 Å². The molecule has 1 rings (SSSR count). The first-order valence-electron chi connectivity index (χ1n) is 5.00. The minimum atomic E-state index is 0.513. The molecule has 0 fully saturated rings. The molecule has 1 aromatic rings. The molecule has 3 heteroatoms. The molecular weight excluding hydrogens is 190 g/mol. The Kier molecular flexibility index (Phi) is 6.49. The van der Waals surface area contributed by atoms with Gasteiger partial charge >= 0.3 is 0 Å². The number of nitrogens with one attached hydrogen (secondary N) is 1. The summed E-state index contributed by atoms with van der Waals surface area (Å²) in [6.07, 6.45) is 1.69. The fourth-order valence-electron chi connectivity index (χ4n) is 1.07. The van der Waals surface area contributed by atoms with E-state index in [1.807, 2.05) is 30.3 Å². The van der Waals surface area contributed by atoms with Gasteiger partial charge in [-0.25, -0.2) is 0 Å². The van der Waals surface area contributed by atoms with E-state index in [0.717, 1.165) is 0 Å². The van der Waals surface area contributed by atoms with Gasteiger partial charge in [0.05, 0.1) is 19.8 Å². The fourth-order valence-corrected chi connectivity index (χ4v) is 1.07. The quantitative estimate of drug-likeness (QED) is 0.401. The van der Waals surface area contributed by atoms with Gasteiger partial charge < -0.3 is 4.74 Å². The van der Waals surface area contributed by atoms with Gasteiger partial charge in [0.25, 0.3) is 0 Å². The average Bonchev–Trinajstić information content (AvgIpc) is 2.29. The van der Waals surface area contributed by atoms with E-state index < -0.39 is 0 Å². The summed E-state index contributed by atoms with van der Waals surface area (Å²) in [5, 5.41) is 0. The van der Waals surface area contributed by atoms with E-state index in [1.165, 1.54) is 5.56 Å². The van der Waals surface area contributed by atoms with Crippen molar-refractivity contribution in [3.8, 4) is 0 Å². The maximum atomic E-state index is 5.43. The summed E-state index contributed by atoms with van der Waals surface area (Å²) < 4.78 is 5.43. The van der Waals surface area contributed by atoms with Gasteiger partial charge in [-0.15, -0.1) is 6.58 Å². The Hall–Kier alpha value is -1.16. The molecule has 82 valence electrons. The molecule has 0 atom stereocenters. The van der Waals surface area contributed by atoms with Crippen molar-refractivity contribution in [1.29, 1.82) is 0 Å². The van der Waals surface area contributed by atoms with E-state index >= 15 is 0 Å². The highest BCUT2D eigenvalue weighted by atomic mass is 16.6. The Morgan fingerprint density at radius 3 is 2.80 bits per heavy atom. The molecule has 0 saturated carbocycles. The minimum absolute atomic E-state index is 0.513. The molecule has 0 aliphatic heterocycles. The largest absolute Gasteiger partial charge is 0.375 e. The summed E-state index contributed by atoms with van der Waals surface area (Å²) in [7, 11) is 0. The Morgan fingerprint density at radius 1 is 1.27 bits per heavy atom. The molecule has 0 saturated heterocycles. The normalized spacial score (nSPS) is 10.1. The Bertz CT molecular complexity index is 262. The van der Waals surface area contributed by atoms with Crippen molar-refractivity contribution in [2.45, 2.75) is 6.61 Å². The standard InChI is InChI=1S/C12H17NO2/c1-2-9-15-13-8-10-14-11-12-6-4-3-5-7-12/h2-7,13H,1,8-11H2. The minimum Gasteiger partial charge on any atom is -0.375 e. The molecule has 15 heavy (non-hydrogen) atoms. The van der Waals surface area contributed by atoms with Crippen LogP contribution in [0.25, 0.3) is 0 Å². The lowest BCUT2D eigenvalue weighted by Gasteiger charge is -2.05. The molecule has 0 radical (unpaired) electrons. The highest BCUT2D eigenvalue weighted by Crippen LogP contribution is 1.99. The lowest BCUT2D eigenvalue weighted by molar-refractivity contribution is 0.0326. The Balaban J connectivity index is 1.95. The van der Waals surface area contributed by atoms with Crippen LogP contribution in [0.4, 0.5) is 0 Å². The summed E-state index contributed by atoms with van der Waals surface area (Å²) in [6.45, 7) is 6.01.